The van der Waals surface area contributed by atoms with E-state index in [1.165, 1.54) is 0 Å². The van der Waals surface area contributed by atoms with Crippen LogP contribution in [0.3, 0.4) is 0 Å². The lowest BCUT2D eigenvalue weighted by Gasteiger charge is -2.04. The molecule has 0 saturated carbocycles. The van der Waals surface area contributed by atoms with Crippen molar-refractivity contribution in [1.82, 2.24) is 20.4 Å². The van der Waals surface area contributed by atoms with Crippen molar-refractivity contribution in [2.45, 2.75) is 0 Å². The number of pyridine rings is 1. The van der Waals surface area contributed by atoms with Crippen molar-refractivity contribution in [2.24, 2.45) is 0 Å². The van der Waals surface area contributed by atoms with Gasteiger partial charge in [0.2, 0.25) is 0 Å². The van der Waals surface area contributed by atoms with Crippen LogP contribution in [0.1, 0.15) is 0 Å². The fourth-order valence-electron chi connectivity index (χ4n) is 2.91. The molecule has 3 heterocycles. The molecule has 5 aromatic rings. The van der Waals surface area contributed by atoms with Crippen molar-refractivity contribution in [2.75, 3.05) is 0 Å². The molecule has 5 heteroatoms. The van der Waals surface area contributed by atoms with Crippen LogP contribution < -0.4 is 0 Å². The second-order valence-corrected chi connectivity index (χ2v) is 5.29. The molecule has 23 heavy (non-hydrogen) atoms. The minimum absolute atomic E-state index is 0.614. The van der Waals surface area contributed by atoms with Crippen molar-refractivity contribution in [3.8, 4) is 11.4 Å². The lowest BCUT2D eigenvalue weighted by atomic mass is 10.1. The van der Waals surface area contributed by atoms with Crippen LogP contribution in [0, 0.1) is 0 Å². The molecule has 0 fully saturated rings. The van der Waals surface area contributed by atoms with E-state index >= 15 is 0 Å². The Hall–Kier alpha value is -3.34. The molecule has 2 aromatic carbocycles. The van der Waals surface area contributed by atoms with Crippen molar-refractivity contribution >= 4 is 32.8 Å². The molecule has 0 N–H and O–H groups in total. The summed E-state index contributed by atoms with van der Waals surface area (Å²) in [7, 11) is 0. The first-order valence-electron chi connectivity index (χ1n) is 7.26. The summed E-state index contributed by atoms with van der Waals surface area (Å²) < 4.78 is 5.98. The van der Waals surface area contributed by atoms with Crippen molar-refractivity contribution in [3.63, 3.8) is 0 Å². The molecule has 0 bridgehead atoms. The van der Waals surface area contributed by atoms with Gasteiger partial charge in [0, 0.05) is 17.0 Å². The normalized spacial score (nSPS) is 11.5. The number of hydrogen-bond donors (Lipinski definition) is 0. The predicted octanol–water partition coefficient (Wildman–Crippen LogP) is 3.99. The molecule has 0 spiro atoms. The number of aromatic nitrogens is 4. The summed E-state index contributed by atoms with van der Waals surface area (Å²) in [6, 6.07) is 17.8. The lowest BCUT2D eigenvalue weighted by molar-refractivity contribution is 0.663. The Morgan fingerprint density at radius 1 is 0.739 bits per heavy atom. The fourth-order valence-corrected chi connectivity index (χ4v) is 2.91. The van der Waals surface area contributed by atoms with Crippen LogP contribution in [0.4, 0.5) is 0 Å². The number of furan rings is 1. The van der Waals surface area contributed by atoms with Gasteiger partial charge in [-0.15, -0.1) is 10.2 Å². The number of hydrogen-bond acceptors (Lipinski definition) is 5. The first-order chi connectivity index (χ1) is 11.4. The predicted molar refractivity (Wildman–Crippen MR) is 87.8 cm³/mol. The minimum Gasteiger partial charge on any atom is -0.452 e. The summed E-state index contributed by atoms with van der Waals surface area (Å²) in [5.41, 5.74) is 3.46. The molecule has 0 aliphatic rings. The van der Waals surface area contributed by atoms with Gasteiger partial charge in [-0.05, 0) is 28.8 Å². The molecule has 0 saturated heterocycles. The standard InChI is InChI=1S/C18H10N4O/c1-2-6-12-11(5-1)9-10-19-15(12)17-18-16(20-22-21-17)13-7-3-4-8-14(13)23-18/h1-10H. The van der Waals surface area contributed by atoms with E-state index in [1.54, 1.807) is 6.20 Å². The van der Waals surface area contributed by atoms with E-state index in [2.05, 4.69) is 20.4 Å². The molecule has 0 atom stereocenters. The van der Waals surface area contributed by atoms with E-state index in [0.29, 0.717) is 16.8 Å². The van der Waals surface area contributed by atoms with Crippen LogP contribution in [0.2, 0.25) is 0 Å². The molecule has 0 amide bonds. The highest BCUT2D eigenvalue weighted by Gasteiger charge is 2.17. The zero-order valence-corrected chi connectivity index (χ0v) is 12.0. The lowest BCUT2D eigenvalue weighted by Crippen LogP contribution is -1.94. The van der Waals surface area contributed by atoms with Gasteiger partial charge in [-0.25, -0.2) is 0 Å². The Morgan fingerprint density at radius 3 is 2.52 bits per heavy atom. The van der Waals surface area contributed by atoms with E-state index in [0.717, 1.165) is 27.4 Å². The van der Waals surface area contributed by atoms with Gasteiger partial charge >= 0.3 is 0 Å². The van der Waals surface area contributed by atoms with Crippen LogP contribution in [0.15, 0.2) is 65.2 Å². The number of fused-ring (bicyclic) bond motifs is 4. The van der Waals surface area contributed by atoms with E-state index in [9.17, 15) is 0 Å². The van der Waals surface area contributed by atoms with Crippen molar-refractivity contribution < 1.29 is 4.42 Å². The number of benzene rings is 2. The number of rotatable bonds is 1. The maximum Gasteiger partial charge on any atom is 0.185 e. The van der Waals surface area contributed by atoms with E-state index in [4.69, 9.17) is 4.42 Å². The smallest absolute Gasteiger partial charge is 0.185 e. The van der Waals surface area contributed by atoms with Crippen LogP contribution in [-0.4, -0.2) is 20.4 Å². The maximum absolute atomic E-state index is 5.98. The fraction of sp³-hybridized carbons (Fsp3) is 0. The second kappa shape index (κ2) is 4.58. The highest BCUT2D eigenvalue weighted by atomic mass is 16.3. The van der Waals surface area contributed by atoms with Gasteiger partial charge in [0.25, 0.3) is 0 Å². The summed E-state index contributed by atoms with van der Waals surface area (Å²) in [6.07, 6.45) is 1.77. The maximum atomic E-state index is 5.98. The molecule has 5 nitrogen and oxygen atoms in total. The molecule has 0 aliphatic carbocycles. The van der Waals surface area contributed by atoms with Crippen LogP contribution in [-0.2, 0) is 0 Å². The summed E-state index contributed by atoms with van der Waals surface area (Å²) in [5.74, 6) is 0. The summed E-state index contributed by atoms with van der Waals surface area (Å²) >= 11 is 0. The summed E-state index contributed by atoms with van der Waals surface area (Å²) in [5, 5.41) is 15.3. The largest absolute Gasteiger partial charge is 0.452 e. The number of nitrogens with zero attached hydrogens (tertiary/aromatic N) is 4. The van der Waals surface area contributed by atoms with E-state index < -0.39 is 0 Å². The topological polar surface area (TPSA) is 64.7 Å². The number of para-hydroxylation sites is 1. The zero-order chi connectivity index (χ0) is 15.2. The van der Waals surface area contributed by atoms with Gasteiger partial charge in [-0.2, -0.15) is 0 Å². The van der Waals surface area contributed by atoms with Gasteiger partial charge in [0.1, 0.15) is 16.8 Å². The Bertz CT molecular complexity index is 1170. The third-order valence-corrected chi connectivity index (χ3v) is 3.97. The van der Waals surface area contributed by atoms with E-state index in [1.807, 2.05) is 54.6 Å². The van der Waals surface area contributed by atoms with Crippen LogP contribution >= 0.6 is 0 Å². The summed E-state index contributed by atoms with van der Waals surface area (Å²) in [4.78, 5) is 4.51. The molecule has 5 rings (SSSR count). The van der Waals surface area contributed by atoms with Gasteiger partial charge in [0.15, 0.2) is 11.3 Å². The second-order valence-electron chi connectivity index (χ2n) is 5.29. The SMILES string of the molecule is c1ccc2c(-c3nnnc4c3oc3ccccc34)nccc2c1. The molecule has 0 aliphatic heterocycles. The highest BCUT2D eigenvalue weighted by molar-refractivity contribution is 6.08. The van der Waals surface area contributed by atoms with Crippen molar-refractivity contribution in [1.29, 1.82) is 0 Å². The third-order valence-electron chi connectivity index (χ3n) is 3.97. The summed E-state index contributed by atoms with van der Waals surface area (Å²) in [6.45, 7) is 0. The highest BCUT2D eigenvalue weighted by Crippen LogP contribution is 2.34. The van der Waals surface area contributed by atoms with Crippen LogP contribution in [0.25, 0.3) is 44.2 Å². The molecule has 3 aromatic heterocycles. The Morgan fingerprint density at radius 2 is 1.57 bits per heavy atom. The molecular formula is C18H10N4O. The Labute approximate surface area is 130 Å². The van der Waals surface area contributed by atoms with Gasteiger partial charge in [-0.1, -0.05) is 36.4 Å². The van der Waals surface area contributed by atoms with Gasteiger partial charge in [-0.3, -0.25) is 4.98 Å². The average molecular weight is 298 g/mol. The van der Waals surface area contributed by atoms with E-state index in [-0.39, 0.29) is 0 Å². The zero-order valence-electron chi connectivity index (χ0n) is 12.0. The van der Waals surface area contributed by atoms with Crippen molar-refractivity contribution in [3.05, 3.63) is 60.8 Å². The Balaban J connectivity index is 1.93. The quantitative estimate of drug-likeness (QED) is 0.468. The average Bonchev–Trinajstić information content (AvgIpc) is 3.00. The minimum atomic E-state index is 0.614. The molecule has 0 radical (unpaired) electrons. The molecule has 0 unspecified atom stereocenters. The Kier molecular flexibility index (Phi) is 2.43. The van der Waals surface area contributed by atoms with Gasteiger partial charge in [0.05, 0.1) is 0 Å². The first-order valence-corrected chi connectivity index (χ1v) is 7.26. The first kappa shape index (κ1) is 12.2. The monoisotopic (exact) mass is 298 g/mol. The van der Waals surface area contributed by atoms with Crippen LogP contribution in [0.5, 0.6) is 0 Å². The molecular weight excluding hydrogens is 288 g/mol. The molecule has 108 valence electrons. The van der Waals surface area contributed by atoms with Gasteiger partial charge < -0.3 is 4.42 Å². The third kappa shape index (κ3) is 1.73.